The number of thiophene rings is 1. The smallest absolute Gasteiger partial charge is 0.250 e. The van der Waals surface area contributed by atoms with E-state index in [1.807, 2.05) is 0 Å². The van der Waals surface area contributed by atoms with Crippen molar-refractivity contribution in [1.29, 1.82) is 0 Å². The summed E-state index contributed by atoms with van der Waals surface area (Å²) in [5, 5.41) is 5.00. The van der Waals surface area contributed by atoms with Gasteiger partial charge in [-0.05, 0) is 29.7 Å². The van der Waals surface area contributed by atoms with Gasteiger partial charge in [0.1, 0.15) is 4.21 Å². The quantitative estimate of drug-likeness (QED) is 0.280. The Kier molecular flexibility index (Phi) is 8.43. The van der Waals surface area contributed by atoms with Gasteiger partial charge in [0.2, 0.25) is 10.0 Å². The third kappa shape index (κ3) is 5.57. The van der Waals surface area contributed by atoms with E-state index in [2.05, 4.69) is 33.8 Å². The molecule has 2 N–H and O–H groups in total. The van der Waals surface area contributed by atoms with Crippen LogP contribution in [-0.4, -0.2) is 52.5 Å². The predicted molar refractivity (Wildman–Crippen MR) is 111 cm³/mol. The van der Waals surface area contributed by atoms with E-state index in [0.29, 0.717) is 22.7 Å². The number of nitrogens with zero attached hydrogens (tertiary/aromatic N) is 2. The molecule has 0 amide bonds. The van der Waals surface area contributed by atoms with Gasteiger partial charge < -0.3 is 10.2 Å². The maximum absolute atomic E-state index is 12.0. The van der Waals surface area contributed by atoms with E-state index < -0.39 is 10.0 Å². The number of aliphatic imine (C=N–C) groups is 1. The van der Waals surface area contributed by atoms with Crippen molar-refractivity contribution >= 4 is 51.3 Å². The minimum atomic E-state index is -3.39. The van der Waals surface area contributed by atoms with Crippen LogP contribution in [0.2, 0.25) is 0 Å². The third-order valence-corrected chi connectivity index (χ3v) is 7.24. The van der Waals surface area contributed by atoms with Gasteiger partial charge in [0, 0.05) is 33.2 Å². The summed E-state index contributed by atoms with van der Waals surface area (Å²) in [7, 11) is -1.62. The SMILES string of the molecule is CCC1(C)CCN(C(=NC)NCCNS(=O)(=O)c2cccs2)C1.I. The molecule has 2 heterocycles. The fourth-order valence-corrected chi connectivity index (χ4v) is 4.74. The molecular formula is C15H27IN4O2S2. The lowest BCUT2D eigenvalue weighted by Gasteiger charge is -2.25. The second-order valence-electron chi connectivity index (χ2n) is 6.14. The lowest BCUT2D eigenvalue weighted by atomic mass is 9.87. The number of rotatable bonds is 6. The van der Waals surface area contributed by atoms with Crippen molar-refractivity contribution in [2.24, 2.45) is 10.4 Å². The van der Waals surface area contributed by atoms with E-state index >= 15 is 0 Å². The molecule has 1 aromatic rings. The van der Waals surface area contributed by atoms with Crippen LogP contribution in [0.3, 0.4) is 0 Å². The Balaban J connectivity index is 0.00000288. The van der Waals surface area contributed by atoms with Gasteiger partial charge in [0.25, 0.3) is 0 Å². The first-order valence-corrected chi connectivity index (χ1v) is 10.3. The largest absolute Gasteiger partial charge is 0.355 e. The number of hydrogen-bond donors (Lipinski definition) is 2. The Bertz CT molecular complexity index is 634. The van der Waals surface area contributed by atoms with Crippen LogP contribution in [0.25, 0.3) is 0 Å². The zero-order valence-corrected chi connectivity index (χ0v) is 18.4. The number of halogens is 1. The third-order valence-electron chi connectivity index (χ3n) is 4.38. The summed E-state index contributed by atoms with van der Waals surface area (Å²) in [6, 6.07) is 3.34. The van der Waals surface area contributed by atoms with Crippen LogP contribution in [0.5, 0.6) is 0 Å². The number of likely N-dealkylation sites (tertiary alicyclic amines) is 1. The van der Waals surface area contributed by atoms with Crippen molar-refractivity contribution in [3.63, 3.8) is 0 Å². The molecule has 138 valence electrons. The van der Waals surface area contributed by atoms with Crippen molar-refractivity contribution in [3.05, 3.63) is 17.5 Å². The van der Waals surface area contributed by atoms with E-state index in [0.717, 1.165) is 31.9 Å². The molecular weight excluding hydrogens is 459 g/mol. The molecule has 1 aromatic heterocycles. The van der Waals surface area contributed by atoms with Gasteiger partial charge in [-0.25, -0.2) is 13.1 Å². The van der Waals surface area contributed by atoms with E-state index in [-0.39, 0.29) is 24.0 Å². The molecule has 0 aliphatic carbocycles. The highest BCUT2D eigenvalue weighted by Crippen LogP contribution is 2.32. The van der Waals surface area contributed by atoms with E-state index in [9.17, 15) is 8.42 Å². The van der Waals surface area contributed by atoms with Crippen LogP contribution >= 0.6 is 35.3 Å². The van der Waals surface area contributed by atoms with Crippen molar-refractivity contribution < 1.29 is 8.42 Å². The van der Waals surface area contributed by atoms with Gasteiger partial charge in [-0.3, -0.25) is 4.99 Å². The first kappa shape index (κ1) is 21.7. The second kappa shape index (κ2) is 9.35. The highest BCUT2D eigenvalue weighted by Gasteiger charge is 2.33. The minimum Gasteiger partial charge on any atom is -0.355 e. The van der Waals surface area contributed by atoms with Gasteiger partial charge in [0.05, 0.1) is 0 Å². The average molecular weight is 486 g/mol. The first-order chi connectivity index (χ1) is 10.9. The van der Waals surface area contributed by atoms with Gasteiger partial charge in [-0.15, -0.1) is 35.3 Å². The molecule has 1 atom stereocenters. The molecule has 9 heteroatoms. The Labute approximate surface area is 166 Å². The molecule has 24 heavy (non-hydrogen) atoms. The Hall–Kier alpha value is -0.390. The van der Waals surface area contributed by atoms with Gasteiger partial charge in [-0.2, -0.15) is 0 Å². The summed E-state index contributed by atoms with van der Waals surface area (Å²) in [5.74, 6) is 0.845. The van der Waals surface area contributed by atoms with Crippen molar-refractivity contribution in [2.45, 2.75) is 30.9 Å². The van der Waals surface area contributed by atoms with Gasteiger partial charge in [0.15, 0.2) is 5.96 Å². The van der Waals surface area contributed by atoms with Crippen LogP contribution in [0.15, 0.2) is 26.7 Å². The van der Waals surface area contributed by atoms with Crippen molar-refractivity contribution in [2.75, 3.05) is 33.2 Å². The second-order valence-corrected chi connectivity index (χ2v) is 9.08. The van der Waals surface area contributed by atoms with Crippen LogP contribution < -0.4 is 10.0 Å². The molecule has 0 spiro atoms. The molecule has 1 unspecified atom stereocenters. The number of guanidine groups is 1. The normalized spacial score (nSPS) is 21.6. The predicted octanol–water partition coefficient (Wildman–Crippen LogP) is 2.34. The fraction of sp³-hybridized carbons (Fsp3) is 0.667. The zero-order valence-electron chi connectivity index (χ0n) is 14.4. The van der Waals surface area contributed by atoms with Crippen molar-refractivity contribution in [3.8, 4) is 0 Å². The Morgan fingerprint density at radius 2 is 2.21 bits per heavy atom. The summed E-state index contributed by atoms with van der Waals surface area (Å²) in [5.41, 5.74) is 0.346. The lowest BCUT2D eigenvalue weighted by Crippen LogP contribution is -2.43. The zero-order chi connectivity index (χ0) is 16.9. The van der Waals surface area contributed by atoms with Gasteiger partial charge in [-0.1, -0.05) is 19.9 Å². The molecule has 0 aromatic carbocycles. The van der Waals surface area contributed by atoms with Crippen LogP contribution in [0.1, 0.15) is 26.7 Å². The molecule has 0 radical (unpaired) electrons. The van der Waals surface area contributed by atoms with E-state index in [1.54, 1.807) is 24.6 Å². The Morgan fingerprint density at radius 1 is 1.46 bits per heavy atom. The summed E-state index contributed by atoms with van der Waals surface area (Å²) in [4.78, 5) is 6.56. The highest BCUT2D eigenvalue weighted by molar-refractivity contribution is 14.0. The summed E-state index contributed by atoms with van der Waals surface area (Å²) in [6.07, 6.45) is 2.32. The highest BCUT2D eigenvalue weighted by atomic mass is 127. The number of hydrogen-bond acceptors (Lipinski definition) is 4. The standard InChI is InChI=1S/C15H26N4O2S2.HI/c1-4-15(2)7-10-19(12-15)14(16-3)17-8-9-18-23(20,21)13-6-5-11-22-13;/h5-6,11,18H,4,7-10,12H2,1-3H3,(H,16,17);1H. The molecule has 2 rings (SSSR count). The number of nitrogens with one attached hydrogen (secondary N) is 2. The lowest BCUT2D eigenvalue weighted by molar-refractivity contribution is 0.322. The molecule has 1 aliphatic heterocycles. The topological polar surface area (TPSA) is 73.8 Å². The molecule has 0 saturated carbocycles. The maximum Gasteiger partial charge on any atom is 0.250 e. The van der Waals surface area contributed by atoms with E-state index in [4.69, 9.17) is 0 Å². The molecule has 0 bridgehead atoms. The fourth-order valence-electron chi connectivity index (χ4n) is 2.67. The number of sulfonamides is 1. The molecule has 6 nitrogen and oxygen atoms in total. The van der Waals surface area contributed by atoms with Crippen LogP contribution in [-0.2, 0) is 10.0 Å². The van der Waals surface area contributed by atoms with E-state index in [1.165, 1.54) is 11.3 Å². The van der Waals surface area contributed by atoms with Crippen LogP contribution in [0.4, 0.5) is 0 Å². The minimum absolute atomic E-state index is 0. The van der Waals surface area contributed by atoms with Crippen molar-refractivity contribution in [1.82, 2.24) is 14.9 Å². The average Bonchev–Trinajstić information content (AvgIpc) is 3.18. The molecule has 1 saturated heterocycles. The van der Waals surface area contributed by atoms with Crippen LogP contribution in [0, 0.1) is 5.41 Å². The first-order valence-electron chi connectivity index (χ1n) is 7.89. The monoisotopic (exact) mass is 486 g/mol. The Morgan fingerprint density at radius 3 is 2.75 bits per heavy atom. The molecule has 1 aliphatic rings. The van der Waals surface area contributed by atoms with Gasteiger partial charge >= 0.3 is 0 Å². The summed E-state index contributed by atoms with van der Waals surface area (Å²) >= 11 is 1.22. The maximum atomic E-state index is 12.0. The molecule has 1 fully saturated rings. The summed E-state index contributed by atoms with van der Waals surface area (Å²) < 4.78 is 27.0. The summed E-state index contributed by atoms with van der Waals surface area (Å²) in [6.45, 7) is 7.35.